The van der Waals surface area contributed by atoms with Gasteiger partial charge in [0.15, 0.2) is 0 Å². The van der Waals surface area contributed by atoms with Crippen molar-refractivity contribution in [2.45, 2.75) is 24.4 Å². The van der Waals surface area contributed by atoms with E-state index in [4.69, 9.17) is 14.7 Å². The van der Waals surface area contributed by atoms with Gasteiger partial charge in [-0.05, 0) is 29.6 Å². The molecule has 2 aromatic heterocycles. The number of benzene rings is 2. The number of hydrogen-bond donors (Lipinski definition) is 3. The molecule has 12 heteroatoms. The lowest BCUT2D eigenvalue weighted by Crippen LogP contribution is -2.44. The Morgan fingerprint density at radius 2 is 1.90 bits per heavy atom. The minimum Gasteiger partial charge on any atom is -0.378 e. The largest absolute Gasteiger partial charge is 0.378 e. The van der Waals surface area contributed by atoms with E-state index in [2.05, 4.69) is 31.1 Å². The molecule has 1 unspecified atom stereocenters. The van der Waals surface area contributed by atoms with Crippen molar-refractivity contribution in [1.82, 2.24) is 20.3 Å². The van der Waals surface area contributed by atoms with Gasteiger partial charge in [-0.25, -0.2) is 27.9 Å². The van der Waals surface area contributed by atoms with Crippen molar-refractivity contribution >= 4 is 43.9 Å². The Balaban J connectivity index is 1.30. The quantitative estimate of drug-likeness (QED) is 0.263. The highest BCUT2D eigenvalue weighted by atomic mass is 32.2. The summed E-state index contributed by atoms with van der Waals surface area (Å²) >= 11 is 0. The average molecular weight is 594 g/mol. The summed E-state index contributed by atoms with van der Waals surface area (Å²) in [4.78, 5) is 16.2. The summed E-state index contributed by atoms with van der Waals surface area (Å²) in [6.07, 6.45) is 1.10. The van der Waals surface area contributed by atoms with Gasteiger partial charge in [-0.2, -0.15) is 0 Å². The fourth-order valence-corrected chi connectivity index (χ4v) is 6.66. The van der Waals surface area contributed by atoms with E-state index in [-0.39, 0.29) is 17.5 Å². The lowest BCUT2D eigenvalue weighted by Gasteiger charge is -2.30. The molecule has 2 fully saturated rings. The molecule has 3 N–H and O–H groups in total. The molecule has 6 rings (SSSR count). The highest BCUT2D eigenvalue weighted by Crippen LogP contribution is 2.32. The minimum absolute atomic E-state index is 0.107. The third-order valence-corrected chi connectivity index (χ3v) is 8.70. The standard InChI is InChI=1S/C30H33F2N7O2S/c1-42(40,19-20-5-3-2-4-6-20)38-25-8-7-21(13-24(25)32)26-15-28(39-9-11-41-12-10-39)29-27(36-26)18-34-30(37-29)35-23-14-22(31)16-33-17-23/h2-8,13,15,18,22-23,33H,1,9-12,14,16-17,19H2,(H,38,40)(H,34,35,37)/t22-,23-,42?/m0/s1. The van der Waals surface area contributed by atoms with Crippen LogP contribution in [0.4, 0.5) is 26.1 Å². The Morgan fingerprint density at radius 3 is 2.67 bits per heavy atom. The van der Waals surface area contributed by atoms with Gasteiger partial charge in [-0.1, -0.05) is 36.4 Å². The number of piperidine rings is 1. The van der Waals surface area contributed by atoms with Crippen LogP contribution >= 0.6 is 0 Å². The van der Waals surface area contributed by atoms with E-state index in [0.717, 1.165) is 11.3 Å². The molecule has 0 amide bonds. The molecular weight excluding hydrogens is 560 g/mol. The van der Waals surface area contributed by atoms with Crippen molar-refractivity contribution in [3.05, 3.63) is 72.2 Å². The van der Waals surface area contributed by atoms with Crippen LogP contribution in [0.2, 0.25) is 0 Å². The van der Waals surface area contributed by atoms with Crippen LogP contribution in [0.5, 0.6) is 0 Å². The van der Waals surface area contributed by atoms with Crippen molar-refractivity contribution in [2.75, 3.05) is 54.3 Å². The molecule has 2 saturated heterocycles. The highest BCUT2D eigenvalue weighted by molar-refractivity contribution is 8.00. The third-order valence-electron chi connectivity index (χ3n) is 7.31. The first kappa shape index (κ1) is 28.3. The van der Waals surface area contributed by atoms with Gasteiger partial charge in [0.25, 0.3) is 0 Å². The molecule has 4 aromatic rings. The summed E-state index contributed by atoms with van der Waals surface area (Å²) < 4.78 is 50.7. The number of hydrogen-bond acceptors (Lipinski definition) is 8. The molecule has 42 heavy (non-hydrogen) atoms. The number of nitrogens with one attached hydrogen (secondary N) is 3. The average Bonchev–Trinajstić information content (AvgIpc) is 2.98. The molecule has 0 spiro atoms. The Labute approximate surface area is 243 Å². The Hall–Kier alpha value is -3.87. The topological polar surface area (TPSA) is 104 Å². The summed E-state index contributed by atoms with van der Waals surface area (Å²) in [5, 5.41) is 6.33. The van der Waals surface area contributed by atoms with Gasteiger partial charge in [0.2, 0.25) is 5.95 Å². The van der Waals surface area contributed by atoms with Crippen molar-refractivity contribution < 1.29 is 17.7 Å². The van der Waals surface area contributed by atoms with Gasteiger partial charge in [0, 0.05) is 53.9 Å². The maximum absolute atomic E-state index is 15.3. The lowest BCUT2D eigenvalue weighted by molar-refractivity contribution is 0.123. The van der Waals surface area contributed by atoms with Gasteiger partial charge < -0.3 is 25.0 Å². The van der Waals surface area contributed by atoms with Gasteiger partial charge >= 0.3 is 0 Å². The number of anilines is 3. The molecule has 220 valence electrons. The molecule has 2 aliphatic rings. The lowest BCUT2D eigenvalue weighted by atomic mass is 10.1. The van der Waals surface area contributed by atoms with Gasteiger partial charge in [0.05, 0.1) is 42.2 Å². The SMILES string of the molecule is C=S(=O)(Cc1ccccc1)Nc1ccc(-c2cc(N3CCOCC3)c3nc(N[C@@H]4CNC[C@@H](F)C4)ncc3n2)cc1F. The highest BCUT2D eigenvalue weighted by Gasteiger charge is 2.23. The minimum atomic E-state index is -2.83. The van der Waals surface area contributed by atoms with Crippen LogP contribution in [0.25, 0.3) is 22.3 Å². The Morgan fingerprint density at radius 1 is 1.10 bits per heavy atom. The van der Waals surface area contributed by atoms with Crippen molar-refractivity contribution in [3.8, 4) is 11.3 Å². The molecule has 4 heterocycles. The fraction of sp³-hybridized carbons (Fsp3) is 0.333. The molecule has 0 aliphatic carbocycles. The van der Waals surface area contributed by atoms with E-state index < -0.39 is 21.7 Å². The zero-order valence-corrected chi connectivity index (χ0v) is 23.9. The van der Waals surface area contributed by atoms with Crippen LogP contribution in [-0.4, -0.2) is 76.6 Å². The number of halogens is 2. The molecular formula is C30H33F2N7O2S. The van der Waals surface area contributed by atoms with Crippen LogP contribution < -0.4 is 20.3 Å². The summed E-state index contributed by atoms with van der Waals surface area (Å²) in [5.74, 6) is 3.82. The van der Waals surface area contributed by atoms with Crippen LogP contribution in [0, 0.1) is 5.82 Å². The van der Waals surface area contributed by atoms with Crippen molar-refractivity contribution in [1.29, 1.82) is 0 Å². The Kier molecular flexibility index (Phi) is 8.18. The number of pyridine rings is 1. The smallest absolute Gasteiger partial charge is 0.223 e. The van der Waals surface area contributed by atoms with Crippen LogP contribution in [0.3, 0.4) is 0 Å². The van der Waals surface area contributed by atoms with Crippen LogP contribution in [0.1, 0.15) is 12.0 Å². The third kappa shape index (κ3) is 6.61. The number of morpholine rings is 1. The molecule has 2 aromatic carbocycles. The maximum atomic E-state index is 15.3. The van der Waals surface area contributed by atoms with E-state index >= 15 is 4.39 Å². The normalized spacial score (nSPS) is 20.7. The van der Waals surface area contributed by atoms with Gasteiger partial charge in [-0.15, -0.1) is 0 Å². The van der Waals surface area contributed by atoms with E-state index in [9.17, 15) is 8.60 Å². The van der Waals surface area contributed by atoms with E-state index in [1.54, 1.807) is 18.3 Å². The number of rotatable bonds is 8. The second kappa shape index (κ2) is 12.2. The molecule has 0 saturated carbocycles. The number of aromatic nitrogens is 3. The molecule has 0 radical (unpaired) electrons. The number of ether oxygens (including phenoxy) is 1. The van der Waals surface area contributed by atoms with Gasteiger partial charge in [-0.3, -0.25) is 0 Å². The fourth-order valence-electron chi connectivity index (χ4n) is 5.29. The molecule has 9 nitrogen and oxygen atoms in total. The first-order valence-electron chi connectivity index (χ1n) is 13.9. The zero-order chi connectivity index (χ0) is 29.1. The number of alkyl halides is 1. The van der Waals surface area contributed by atoms with Crippen molar-refractivity contribution in [3.63, 3.8) is 0 Å². The van der Waals surface area contributed by atoms with Crippen molar-refractivity contribution in [2.24, 2.45) is 0 Å². The van der Waals surface area contributed by atoms with E-state index in [1.165, 1.54) is 6.07 Å². The summed E-state index contributed by atoms with van der Waals surface area (Å²) in [7, 11) is -2.83. The molecule has 3 atom stereocenters. The zero-order valence-electron chi connectivity index (χ0n) is 23.1. The number of nitrogens with zero attached hydrogens (tertiary/aromatic N) is 4. The maximum Gasteiger partial charge on any atom is 0.223 e. The predicted molar refractivity (Wildman–Crippen MR) is 165 cm³/mol. The van der Waals surface area contributed by atoms with Crippen LogP contribution in [0.15, 0.2) is 60.8 Å². The second-order valence-electron chi connectivity index (χ2n) is 10.6. The molecule has 0 bridgehead atoms. The second-order valence-corrected chi connectivity index (χ2v) is 12.7. The van der Waals surface area contributed by atoms with E-state index in [0.29, 0.717) is 74.1 Å². The predicted octanol–water partition coefficient (Wildman–Crippen LogP) is 4.02. The van der Waals surface area contributed by atoms with Crippen LogP contribution in [-0.2, 0) is 20.2 Å². The Bertz CT molecular complexity index is 1670. The summed E-state index contributed by atoms with van der Waals surface area (Å²) in [6.45, 7) is 3.45. The summed E-state index contributed by atoms with van der Waals surface area (Å²) in [6, 6.07) is 15.8. The monoisotopic (exact) mass is 593 g/mol. The molecule has 2 aliphatic heterocycles. The number of fused-ring (bicyclic) bond motifs is 1. The van der Waals surface area contributed by atoms with E-state index in [1.807, 2.05) is 36.4 Å². The summed E-state index contributed by atoms with van der Waals surface area (Å²) in [5.41, 5.74) is 4.09. The first-order chi connectivity index (χ1) is 20.3. The first-order valence-corrected chi connectivity index (χ1v) is 15.8. The van der Waals surface area contributed by atoms with Gasteiger partial charge in [0.1, 0.15) is 23.0 Å².